The van der Waals surface area contributed by atoms with Gasteiger partial charge in [-0.25, -0.2) is 0 Å². The van der Waals surface area contributed by atoms with E-state index in [1.807, 2.05) is 43.3 Å². The van der Waals surface area contributed by atoms with Crippen molar-refractivity contribution in [3.63, 3.8) is 0 Å². The number of ether oxygens (including phenoxy) is 3. The van der Waals surface area contributed by atoms with Crippen LogP contribution in [-0.2, 0) is 14.3 Å². The Morgan fingerprint density at radius 3 is 2.61 bits per heavy atom. The van der Waals surface area contributed by atoms with Crippen molar-refractivity contribution in [3.05, 3.63) is 57.7 Å². The highest BCUT2D eigenvalue weighted by atomic mass is 79.9. The number of fused-ring (bicyclic) bond motifs is 2. The van der Waals surface area contributed by atoms with E-state index in [2.05, 4.69) is 26.6 Å². The van der Waals surface area contributed by atoms with Crippen LogP contribution in [0, 0.1) is 11.8 Å². The molecule has 5 rings (SSSR count). The third-order valence-corrected chi connectivity index (χ3v) is 6.71. The number of rotatable bonds is 2. The minimum Gasteiger partial charge on any atom is -0.468 e. The summed E-state index contributed by atoms with van der Waals surface area (Å²) in [5.41, 5.74) is 3.91. The van der Waals surface area contributed by atoms with E-state index in [1.165, 1.54) is 7.11 Å². The number of esters is 1. The van der Waals surface area contributed by atoms with E-state index in [1.54, 1.807) is 0 Å². The molecule has 0 saturated heterocycles. The highest BCUT2D eigenvalue weighted by molar-refractivity contribution is 9.10. The van der Waals surface area contributed by atoms with Crippen LogP contribution in [0.2, 0.25) is 0 Å². The highest BCUT2D eigenvalue weighted by Crippen LogP contribution is 2.47. The number of allylic oxidation sites excluding steroid dienone is 1. The van der Waals surface area contributed by atoms with Gasteiger partial charge >= 0.3 is 5.97 Å². The number of carbonyl (C=O) groups is 2. The number of Topliss-reactive ketones (excluding diaryl/α,β-unsaturated/α-hetero) is 1. The van der Waals surface area contributed by atoms with Crippen molar-refractivity contribution >= 4 is 39.1 Å². The van der Waals surface area contributed by atoms with Gasteiger partial charge in [0.05, 0.1) is 24.5 Å². The summed E-state index contributed by atoms with van der Waals surface area (Å²) in [6.45, 7) is 2.06. The molecule has 3 atom stereocenters. The molecule has 3 aliphatic rings. The quantitative estimate of drug-likeness (QED) is 0.482. The lowest BCUT2D eigenvalue weighted by Gasteiger charge is -2.32. The number of halogens is 1. The highest BCUT2D eigenvalue weighted by Gasteiger charge is 2.44. The zero-order valence-corrected chi connectivity index (χ0v) is 18.6. The molecule has 0 radical (unpaired) electrons. The third-order valence-electron chi connectivity index (χ3n) is 6.03. The molecular formula is C23H21BrN2O5. The van der Waals surface area contributed by atoms with Gasteiger partial charge in [0, 0.05) is 15.7 Å². The lowest BCUT2D eigenvalue weighted by molar-refractivity contribution is -0.151. The minimum absolute atomic E-state index is 0.155. The molecule has 8 heteroatoms. The van der Waals surface area contributed by atoms with Gasteiger partial charge in [-0.15, -0.1) is 0 Å². The topological polar surface area (TPSA) is 85.9 Å². The molecular weight excluding hydrogens is 464 g/mol. The molecule has 7 nitrogen and oxygen atoms in total. The van der Waals surface area contributed by atoms with Gasteiger partial charge in [0.25, 0.3) is 0 Å². The van der Waals surface area contributed by atoms with Gasteiger partial charge in [0.15, 0.2) is 17.3 Å². The van der Waals surface area contributed by atoms with Gasteiger partial charge < -0.3 is 24.8 Å². The minimum atomic E-state index is -0.844. The SMILES string of the molecule is COC(=O)[C@H]1C(=O)C2=C(C[C@@H]1C)Nc1ccccc1N[C@@H]2c1cc2c(cc1Br)OCO2. The van der Waals surface area contributed by atoms with Gasteiger partial charge in [-0.3, -0.25) is 9.59 Å². The zero-order chi connectivity index (χ0) is 21.7. The summed E-state index contributed by atoms with van der Waals surface area (Å²) in [5.74, 6) is -0.500. The van der Waals surface area contributed by atoms with Crippen molar-refractivity contribution in [2.75, 3.05) is 24.5 Å². The van der Waals surface area contributed by atoms with Crippen LogP contribution in [0.5, 0.6) is 11.5 Å². The Kier molecular flexibility index (Phi) is 4.89. The second-order valence-electron chi connectivity index (χ2n) is 7.91. The second-order valence-corrected chi connectivity index (χ2v) is 8.77. The fourth-order valence-corrected chi connectivity index (χ4v) is 5.07. The lowest BCUT2D eigenvalue weighted by atomic mass is 9.75. The second kappa shape index (κ2) is 7.60. The largest absolute Gasteiger partial charge is 0.468 e. The molecule has 0 bridgehead atoms. The molecule has 0 amide bonds. The molecule has 2 aliphatic heterocycles. The van der Waals surface area contributed by atoms with E-state index in [0.717, 1.165) is 27.1 Å². The molecule has 2 N–H and O–H groups in total. The fraction of sp³-hybridized carbons (Fsp3) is 0.304. The van der Waals surface area contributed by atoms with E-state index < -0.39 is 17.9 Å². The van der Waals surface area contributed by atoms with Gasteiger partial charge in [0.1, 0.15) is 5.92 Å². The molecule has 2 aromatic rings. The first kappa shape index (κ1) is 19.9. The van der Waals surface area contributed by atoms with Crippen LogP contribution in [0.25, 0.3) is 0 Å². The van der Waals surface area contributed by atoms with Crippen molar-refractivity contribution in [1.82, 2.24) is 0 Å². The fourth-order valence-electron chi connectivity index (χ4n) is 4.52. The molecule has 160 valence electrons. The van der Waals surface area contributed by atoms with Gasteiger partial charge in [-0.2, -0.15) is 0 Å². The van der Waals surface area contributed by atoms with Crippen molar-refractivity contribution in [1.29, 1.82) is 0 Å². The maximum Gasteiger partial charge on any atom is 0.316 e. The Hall–Kier alpha value is -3.00. The Labute approximate surface area is 187 Å². The molecule has 2 heterocycles. The number of hydrogen-bond acceptors (Lipinski definition) is 7. The van der Waals surface area contributed by atoms with E-state index in [9.17, 15) is 9.59 Å². The normalized spacial score (nSPS) is 23.8. The molecule has 0 spiro atoms. The van der Waals surface area contributed by atoms with E-state index >= 15 is 0 Å². The van der Waals surface area contributed by atoms with Crippen LogP contribution in [0.4, 0.5) is 11.4 Å². The first-order valence-corrected chi connectivity index (χ1v) is 10.8. The van der Waals surface area contributed by atoms with E-state index in [4.69, 9.17) is 14.2 Å². The zero-order valence-electron chi connectivity index (χ0n) is 17.0. The molecule has 31 heavy (non-hydrogen) atoms. The van der Waals surface area contributed by atoms with Crippen molar-refractivity contribution < 1.29 is 23.8 Å². The first-order chi connectivity index (χ1) is 15.0. The Bertz CT molecular complexity index is 1130. The van der Waals surface area contributed by atoms with Crippen molar-refractivity contribution in [2.45, 2.75) is 19.4 Å². The Morgan fingerprint density at radius 1 is 1.16 bits per heavy atom. The van der Waals surface area contributed by atoms with Crippen LogP contribution in [-0.4, -0.2) is 25.7 Å². The molecule has 0 aromatic heterocycles. The monoisotopic (exact) mass is 484 g/mol. The number of nitrogens with one attached hydrogen (secondary N) is 2. The summed E-state index contributed by atoms with van der Waals surface area (Å²) >= 11 is 3.64. The third kappa shape index (κ3) is 3.26. The average Bonchev–Trinajstić information content (AvgIpc) is 3.13. The van der Waals surface area contributed by atoms with Crippen molar-refractivity contribution in [3.8, 4) is 11.5 Å². The van der Waals surface area contributed by atoms with E-state index in [0.29, 0.717) is 23.5 Å². The summed E-state index contributed by atoms with van der Waals surface area (Å²) in [5, 5.41) is 6.95. The summed E-state index contributed by atoms with van der Waals surface area (Å²) < 4.78 is 16.8. The van der Waals surface area contributed by atoms with Gasteiger partial charge in [-0.1, -0.05) is 35.0 Å². The van der Waals surface area contributed by atoms with Crippen LogP contribution in [0.15, 0.2) is 52.1 Å². The van der Waals surface area contributed by atoms with Crippen LogP contribution >= 0.6 is 15.9 Å². The summed E-state index contributed by atoms with van der Waals surface area (Å²) in [4.78, 5) is 26.2. The summed E-state index contributed by atoms with van der Waals surface area (Å²) in [6.07, 6.45) is 0.551. The number of carbonyl (C=O) groups excluding carboxylic acids is 2. The smallest absolute Gasteiger partial charge is 0.316 e. The Morgan fingerprint density at radius 2 is 1.87 bits per heavy atom. The predicted molar refractivity (Wildman–Crippen MR) is 118 cm³/mol. The summed E-state index contributed by atoms with van der Waals surface area (Å²) in [7, 11) is 1.32. The molecule has 0 fully saturated rings. The Balaban J connectivity index is 1.69. The molecule has 0 saturated carbocycles. The summed E-state index contributed by atoms with van der Waals surface area (Å²) in [6, 6.07) is 11.0. The van der Waals surface area contributed by atoms with Crippen molar-refractivity contribution in [2.24, 2.45) is 11.8 Å². The maximum atomic E-state index is 13.7. The van der Waals surface area contributed by atoms with Gasteiger partial charge in [0.2, 0.25) is 6.79 Å². The molecule has 0 unspecified atom stereocenters. The number of methoxy groups -OCH3 is 1. The standard InChI is InChI=1S/C23H21BrN2O5/c1-11-7-16-20(22(27)19(11)23(28)29-2)21(26-15-6-4-3-5-14(15)25-16)12-8-17-18(9-13(12)24)31-10-30-17/h3-6,8-9,11,19,21,25-26H,7,10H2,1-2H3/t11-,19+,21+/m0/s1. The molecule has 1 aliphatic carbocycles. The maximum absolute atomic E-state index is 13.7. The van der Waals surface area contributed by atoms with Gasteiger partial charge in [-0.05, 0) is 42.2 Å². The number of anilines is 2. The van der Waals surface area contributed by atoms with Crippen LogP contribution in [0.1, 0.15) is 24.9 Å². The number of hydrogen-bond donors (Lipinski definition) is 2. The van der Waals surface area contributed by atoms with Crippen LogP contribution in [0.3, 0.4) is 0 Å². The number of para-hydroxylation sites is 2. The van der Waals surface area contributed by atoms with E-state index in [-0.39, 0.29) is 18.5 Å². The first-order valence-electron chi connectivity index (χ1n) is 10.0. The molecule has 2 aromatic carbocycles. The number of ketones is 1. The average molecular weight is 485 g/mol. The number of benzene rings is 2. The lowest BCUT2D eigenvalue weighted by Crippen LogP contribution is -2.39. The van der Waals surface area contributed by atoms with Crippen LogP contribution < -0.4 is 20.1 Å². The predicted octanol–water partition coefficient (Wildman–Crippen LogP) is 4.41.